The van der Waals surface area contributed by atoms with Crippen LogP contribution in [0.1, 0.15) is 17.5 Å². The van der Waals surface area contributed by atoms with Gasteiger partial charge in [-0.15, -0.1) is 11.3 Å². The van der Waals surface area contributed by atoms with Crippen LogP contribution in [0.15, 0.2) is 54.9 Å². The van der Waals surface area contributed by atoms with Crippen molar-refractivity contribution < 1.29 is 23.0 Å². The van der Waals surface area contributed by atoms with Crippen LogP contribution in [0.25, 0.3) is 21.3 Å². The van der Waals surface area contributed by atoms with Gasteiger partial charge in [0.05, 0.1) is 33.5 Å². The molecule has 4 aromatic rings. The Morgan fingerprint density at radius 1 is 1.03 bits per heavy atom. The Labute approximate surface area is 223 Å². The Morgan fingerprint density at radius 2 is 1.76 bits per heavy atom. The average Bonchev–Trinajstić information content (AvgIpc) is 3.51. The number of halogens is 3. The highest BCUT2D eigenvalue weighted by Gasteiger charge is 2.30. The minimum Gasteiger partial charge on any atom is -0.472 e. The van der Waals surface area contributed by atoms with Crippen LogP contribution < -0.4 is 4.74 Å². The standard InChI is InChI=1S/C27H30F3N5O2S/c1-18(36)26(37-23-7-8-25-24(15-23)32-19(2)38-25)34-12-9-33(10-13-34)11-14-35-17-21(16-31-35)20-3-5-22(6-4-20)27(28,29)30/h3-8,15-18,26,36H,9-14H2,1-2H3/t18-,26?/m1/s1. The maximum absolute atomic E-state index is 12.8. The number of fused-ring (bicyclic) bond motifs is 1. The average molecular weight is 546 g/mol. The van der Waals surface area contributed by atoms with Crippen molar-refractivity contribution in [3.8, 4) is 16.9 Å². The van der Waals surface area contributed by atoms with Crippen LogP contribution in [0.3, 0.4) is 0 Å². The van der Waals surface area contributed by atoms with E-state index in [0.29, 0.717) is 17.9 Å². The second-order valence-corrected chi connectivity index (χ2v) is 10.8. The van der Waals surface area contributed by atoms with Gasteiger partial charge in [0, 0.05) is 50.6 Å². The normalized spacial score (nSPS) is 17.1. The molecule has 0 spiro atoms. The minimum atomic E-state index is -4.34. The van der Waals surface area contributed by atoms with E-state index in [-0.39, 0.29) is 0 Å². The van der Waals surface area contributed by atoms with Crippen molar-refractivity contribution in [3.63, 3.8) is 0 Å². The van der Waals surface area contributed by atoms with Gasteiger partial charge in [0.15, 0.2) is 6.23 Å². The summed E-state index contributed by atoms with van der Waals surface area (Å²) in [5, 5.41) is 15.8. The molecule has 0 bridgehead atoms. The largest absolute Gasteiger partial charge is 0.472 e. The summed E-state index contributed by atoms with van der Waals surface area (Å²) in [6.45, 7) is 8.34. The van der Waals surface area contributed by atoms with Crippen LogP contribution >= 0.6 is 11.3 Å². The van der Waals surface area contributed by atoms with Gasteiger partial charge in [-0.1, -0.05) is 12.1 Å². The number of aliphatic hydroxyl groups excluding tert-OH is 1. The lowest BCUT2D eigenvalue weighted by molar-refractivity contribution is -0.137. The van der Waals surface area contributed by atoms with Gasteiger partial charge in [-0.3, -0.25) is 14.5 Å². The van der Waals surface area contributed by atoms with Gasteiger partial charge in [0.1, 0.15) is 11.9 Å². The topological polar surface area (TPSA) is 66.7 Å². The number of aliphatic hydroxyl groups is 1. The SMILES string of the molecule is Cc1nc2cc(OC([C@@H](C)O)N3CCN(CCn4cc(-c5ccc(C(F)(F)F)cc5)cn4)CC3)ccc2s1. The number of aromatic nitrogens is 3. The molecular weight excluding hydrogens is 515 g/mol. The van der Waals surface area contributed by atoms with Gasteiger partial charge in [0.2, 0.25) is 0 Å². The summed E-state index contributed by atoms with van der Waals surface area (Å²) < 4.78 is 47.6. The second kappa shape index (κ2) is 11.0. The number of aryl methyl sites for hydroxylation is 1. The van der Waals surface area contributed by atoms with E-state index in [4.69, 9.17) is 4.74 Å². The number of hydrogen-bond donors (Lipinski definition) is 1. The van der Waals surface area contributed by atoms with Gasteiger partial charge in [-0.2, -0.15) is 18.3 Å². The van der Waals surface area contributed by atoms with E-state index in [1.54, 1.807) is 24.5 Å². The fourth-order valence-corrected chi connectivity index (χ4v) is 5.49. The first-order chi connectivity index (χ1) is 18.2. The second-order valence-electron chi connectivity index (χ2n) is 9.56. The molecule has 1 aliphatic rings. The van der Waals surface area contributed by atoms with Crippen molar-refractivity contribution in [2.24, 2.45) is 0 Å². The Balaban J connectivity index is 1.13. The van der Waals surface area contributed by atoms with Crippen molar-refractivity contribution in [1.29, 1.82) is 0 Å². The molecule has 202 valence electrons. The van der Waals surface area contributed by atoms with Crippen molar-refractivity contribution in [1.82, 2.24) is 24.6 Å². The summed E-state index contributed by atoms with van der Waals surface area (Å²) in [6.07, 6.45) is -1.93. The number of nitrogens with zero attached hydrogens (tertiary/aromatic N) is 5. The van der Waals surface area contributed by atoms with Crippen LogP contribution in [0, 0.1) is 6.92 Å². The number of rotatable bonds is 8. The van der Waals surface area contributed by atoms with Crippen LogP contribution in [0.5, 0.6) is 5.75 Å². The van der Waals surface area contributed by atoms with Gasteiger partial charge < -0.3 is 9.84 Å². The molecule has 2 aromatic carbocycles. The van der Waals surface area contributed by atoms with Crippen molar-refractivity contribution in [2.45, 2.75) is 38.9 Å². The number of benzene rings is 2. The summed E-state index contributed by atoms with van der Waals surface area (Å²) in [5.74, 6) is 0.693. The molecule has 0 aliphatic carbocycles. The highest BCUT2D eigenvalue weighted by atomic mass is 32.1. The predicted molar refractivity (Wildman–Crippen MR) is 141 cm³/mol. The number of hydrogen-bond acceptors (Lipinski definition) is 7. The lowest BCUT2D eigenvalue weighted by Gasteiger charge is -2.40. The van der Waals surface area contributed by atoms with Crippen LogP contribution in [-0.2, 0) is 12.7 Å². The van der Waals surface area contributed by atoms with E-state index in [9.17, 15) is 18.3 Å². The van der Waals surface area contributed by atoms with Crippen molar-refractivity contribution in [2.75, 3.05) is 32.7 Å². The van der Waals surface area contributed by atoms with Gasteiger partial charge in [-0.25, -0.2) is 4.98 Å². The molecule has 2 aromatic heterocycles. The van der Waals surface area contributed by atoms with Gasteiger partial charge in [0.25, 0.3) is 0 Å². The molecule has 0 radical (unpaired) electrons. The van der Waals surface area contributed by atoms with E-state index in [1.165, 1.54) is 12.1 Å². The molecule has 1 aliphatic heterocycles. The van der Waals surface area contributed by atoms with Gasteiger partial charge >= 0.3 is 6.18 Å². The lowest BCUT2D eigenvalue weighted by atomic mass is 10.1. The third-order valence-electron chi connectivity index (χ3n) is 6.73. The Morgan fingerprint density at radius 3 is 2.45 bits per heavy atom. The quantitative estimate of drug-likeness (QED) is 0.340. The molecule has 0 amide bonds. The van der Waals surface area contributed by atoms with E-state index < -0.39 is 24.1 Å². The zero-order valence-electron chi connectivity index (χ0n) is 21.2. The fraction of sp³-hybridized carbons (Fsp3) is 0.407. The Bertz CT molecular complexity index is 1360. The highest BCUT2D eigenvalue weighted by molar-refractivity contribution is 7.18. The zero-order valence-corrected chi connectivity index (χ0v) is 22.0. The van der Waals surface area contributed by atoms with Crippen LogP contribution in [-0.4, -0.2) is 74.7 Å². The predicted octanol–water partition coefficient (Wildman–Crippen LogP) is 4.89. The van der Waals surface area contributed by atoms with E-state index >= 15 is 0 Å². The summed E-state index contributed by atoms with van der Waals surface area (Å²) in [5.41, 5.74) is 1.73. The number of thiazole rings is 1. The number of piperazine rings is 1. The third-order valence-corrected chi connectivity index (χ3v) is 7.68. The Kier molecular flexibility index (Phi) is 7.71. The van der Waals surface area contributed by atoms with E-state index in [2.05, 4.69) is 19.9 Å². The summed E-state index contributed by atoms with van der Waals surface area (Å²) in [4.78, 5) is 9.03. The molecular formula is C27H30F3N5O2S. The molecule has 0 saturated carbocycles. The molecule has 2 atom stereocenters. The van der Waals surface area contributed by atoms with E-state index in [0.717, 1.165) is 65.6 Å². The van der Waals surface area contributed by atoms with Crippen molar-refractivity contribution >= 4 is 21.6 Å². The molecule has 5 rings (SSSR count). The molecule has 11 heteroatoms. The molecule has 1 saturated heterocycles. The molecule has 3 heterocycles. The van der Waals surface area contributed by atoms with Gasteiger partial charge in [-0.05, 0) is 43.7 Å². The first-order valence-electron chi connectivity index (χ1n) is 12.5. The summed E-state index contributed by atoms with van der Waals surface area (Å²) >= 11 is 1.64. The van der Waals surface area contributed by atoms with E-state index in [1.807, 2.05) is 36.0 Å². The first kappa shape index (κ1) is 26.6. The molecule has 1 unspecified atom stereocenters. The number of ether oxygens (including phenoxy) is 1. The molecule has 1 fully saturated rings. The maximum atomic E-state index is 12.8. The Hall–Kier alpha value is -2.99. The zero-order chi connectivity index (χ0) is 26.9. The fourth-order valence-electron chi connectivity index (χ4n) is 4.69. The number of alkyl halides is 3. The molecule has 38 heavy (non-hydrogen) atoms. The lowest BCUT2D eigenvalue weighted by Crippen LogP contribution is -2.55. The summed E-state index contributed by atoms with van der Waals surface area (Å²) in [6, 6.07) is 11.0. The van der Waals surface area contributed by atoms with Crippen molar-refractivity contribution in [3.05, 3.63) is 65.4 Å². The monoisotopic (exact) mass is 545 g/mol. The summed E-state index contributed by atoms with van der Waals surface area (Å²) in [7, 11) is 0. The minimum absolute atomic E-state index is 0.452. The van der Waals surface area contributed by atoms with Crippen LogP contribution in [0.4, 0.5) is 13.2 Å². The molecule has 7 nitrogen and oxygen atoms in total. The first-order valence-corrected chi connectivity index (χ1v) is 13.4. The van der Waals surface area contributed by atoms with Crippen LogP contribution in [0.2, 0.25) is 0 Å². The third kappa shape index (κ3) is 6.17. The molecule has 1 N–H and O–H groups in total. The smallest absolute Gasteiger partial charge is 0.416 e. The maximum Gasteiger partial charge on any atom is 0.416 e. The highest BCUT2D eigenvalue weighted by Crippen LogP contribution is 2.31.